The maximum Gasteiger partial charge on any atom is 0.255 e. The maximum absolute atomic E-state index is 12.6. The van der Waals surface area contributed by atoms with Gasteiger partial charge in [-0.3, -0.25) is 9.48 Å². The lowest BCUT2D eigenvalue weighted by Crippen LogP contribution is -2.28. The molecule has 0 aromatic carbocycles. The molecule has 0 aliphatic heterocycles. The first-order chi connectivity index (χ1) is 11.3. The lowest BCUT2D eigenvalue weighted by Gasteiger charge is -2.16. The molecule has 130 valence electrons. The normalized spacial score (nSPS) is 12.1. The van der Waals surface area contributed by atoms with Crippen molar-refractivity contribution in [3.8, 4) is 0 Å². The van der Waals surface area contributed by atoms with Gasteiger partial charge in [-0.25, -0.2) is 9.97 Å². The molecule has 2 heterocycles. The molecule has 0 aliphatic carbocycles. The van der Waals surface area contributed by atoms with Gasteiger partial charge in [0.15, 0.2) is 0 Å². The Morgan fingerprint density at radius 2 is 1.96 bits per heavy atom. The summed E-state index contributed by atoms with van der Waals surface area (Å²) < 4.78 is 1.95. The predicted octanol–water partition coefficient (Wildman–Crippen LogP) is 2.18. The topological polar surface area (TPSA) is 75.9 Å². The van der Waals surface area contributed by atoms with Crippen molar-refractivity contribution in [1.82, 2.24) is 25.1 Å². The zero-order valence-electron chi connectivity index (χ0n) is 15.5. The van der Waals surface area contributed by atoms with Crippen molar-refractivity contribution in [1.29, 1.82) is 0 Å². The summed E-state index contributed by atoms with van der Waals surface area (Å²) in [6.45, 7) is 10.7. The summed E-state index contributed by atoms with van der Waals surface area (Å²) in [6.07, 6.45) is 1.58. The minimum atomic E-state index is -0.173. The van der Waals surface area contributed by atoms with Gasteiger partial charge in [0, 0.05) is 38.1 Å². The molecule has 0 aliphatic rings. The highest BCUT2D eigenvalue weighted by atomic mass is 16.1. The van der Waals surface area contributed by atoms with Crippen LogP contribution in [-0.4, -0.2) is 39.8 Å². The van der Waals surface area contributed by atoms with Crippen LogP contribution < -0.4 is 10.2 Å². The smallest absolute Gasteiger partial charge is 0.255 e. The van der Waals surface area contributed by atoms with Gasteiger partial charge in [-0.15, -0.1) is 0 Å². The van der Waals surface area contributed by atoms with Crippen LogP contribution in [0.5, 0.6) is 0 Å². The van der Waals surface area contributed by atoms with E-state index in [0.717, 1.165) is 23.5 Å². The summed E-state index contributed by atoms with van der Waals surface area (Å²) in [6, 6.07) is -0.134. The zero-order valence-corrected chi connectivity index (χ0v) is 15.5. The van der Waals surface area contributed by atoms with Crippen LogP contribution in [0.3, 0.4) is 0 Å². The van der Waals surface area contributed by atoms with Gasteiger partial charge >= 0.3 is 0 Å². The SMILES string of the molecule is CCn1nc(C)c([C@H](C)NC(=O)c2cnc(N(C)C)nc2C)c1C. The fraction of sp³-hybridized carbons (Fsp3) is 0.529. The molecule has 7 nitrogen and oxygen atoms in total. The summed E-state index contributed by atoms with van der Waals surface area (Å²) in [5, 5.41) is 7.55. The third kappa shape index (κ3) is 3.39. The van der Waals surface area contributed by atoms with Crippen LogP contribution in [0, 0.1) is 20.8 Å². The van der Waals surface area contributed by atoms with Gasteiger partial charge in [-0.05, 0) is 34.6 Å². The lowest BCUT2D eigenvalue weighted by atomic mass is 10.1. The van der Waals surface area contributed by atoms with E-state index < -0.39 is 0 Å². The Morgan fingerprint density at radius 3 is 2.46 bits per heavy atom. The highest BCUT2D eigenvalue weighted by Gasteiger charge is 2.21. The molecule has 2 aromatic heterocycles. The van der Waals surface area contributed by atoms with Crippen LogP contribution in [-0.2, 0) is 6.54 Å². The second kappa shape index (κ2) is 6.98. The summed E-state index contributed by atoms with van der Waals surface area (Å²) in [4.78, 5) is 23.0. The van der Waals surface area contributed by atoms with Crippen molar-refractivity contribution in [3.05, 3.63) is 34.4 Å². The second-order valence-corrected chi connectivity index (χ2v) is 6.16. The highest BCUT2D eigenvalue weighted by molar-refractivity contribution is 5.95. The van der Waals surface area contributed by atoms with Gasteiger partial charge in [0.2, 0.25) is 5.95 Å². The molecule has 0 bridgehead atoms. The molecule has 0 saturated carbocycles. The molecule has 7 heteroatoms. The first kappa shape index (κ1) is 17.9. The van der Waals surface area contributed by atoms with E-state index >= 15 is 0 Å². The molecule has 1 atom stereocenters. The Labute approximate surface area is 143 Å². The van der Waals surface area contributed by atoms with E-state index in [1.165, 1.54) is 0 Å². The number of hydrogen-bond donors (Lipinski definition) is 1. The Hall–Kier alpha value is -2.44. The van der Waals surface area contributed by atoms with Gasteiger partial charge in [0.05, 0.1) is 23.0 Å². The lowest BCUT2D eigenvalue weighted by molar-refractivity contribution is 0.0938. The van der Waals surface area contributed by atoms with Gasteiger partial charge in [-0.1, -0.05) is 0 Å². The Morgan fingerprint density at radius 1 is 1.29 bits per heavy atom. The minimum absolute atomic E-state index is 0.134. The van der Waals surface area contributed by atoms with E-state index in [0.29, 0.717) is 17.2 Å². The summed E-state index contributed by atoms with van der Waals surface area (Å²) >= 11 is 0. The number of aryl methyl sites for hydroxylation is 3. The van der Waals surface area contributed by atoms with Crippen molar-refractivity contribution in [3.63, 3.8) is 0 Å². The fourth-order valence-corrected chi connectivity index (χ4v) is 2.89. The molecular formula is C17H26N6O. The minimum Gasteiger partial charge on any atom is -0.347 e. The van der Waals surface area contributed by atoms with Crippen molar-refractivity contribution < 1.29 is 4.79 Å². The van der Waals surface area contributed by atoms with E-state index in [1.807, 2.05) is 51.4 Å². The van der Waals surface area contributed by atoms with Crippen molar-refractivity contribution in [2.24, 2.45) is 0 Å². The third-order valence-corrected chi connectivity index (χ3v) is 4.13. The third-order valence-electron chi connectivity index (χ3n) is 4.13. The van der Waals surface area contributed by atoms with Gasteiger partial charge < -0.3 is 10.2 Å². The van der Waals surface area contributed by atoms with E-state index in [9.17, 15) is 4.79 Å². The predicted molar refractivity (Wildman–Crippen MR) is 94.4 cm³/mol. The van der Waals surface area contributed by atoms with Crippen molar-refractivity contribution in [2.75, 3.05) is 19.0 Å². The largest absolute Gasteiger partial charge is 0.347 e. The Balaban J connectivity index is 2.22. The Bertz CT molecular complexity index is 750. The molecule has 2 rings (SSSR count). The molecule has 0 fully saturated rings. The first-order valence-electron chi connectivity index (χ1n) is 8.12. The van der Waals surface area contributed by atoms with E-state index in [1.54, 1.807) is 6.20 Å². The van der Waals surface area contributed by atoms with Crippen LogP contribution >= 0.6 is 0 Å². The van der Waals surface area contributed by atoms with Crippen LogP contribution in [0.15, 0.2) is 6.20 Å². The number of aromatic nitrogens is 4. The maximum atomic E-state index is 12.6. The average molecular weight is 330 g/mol. The fourth-order valence-electron chi connectivity index (χ4n) is 2.89. The average Bonchev–Trinajstić information content (AvgIpc) is 2.80. The molecule has 0 unspecified atom stereocenters. The second-order valence-electron chi connectivity index (χ2n) is 6.16. The van der Waals surface area contributed by atoms with E-state index in [-0.39, 0.29) is 11.9 Å². The number of anilines is 1. The van der Waals surface area contributed by atoms with Crippen LogP contribution in [0.1, 0.15) is 52.9 Å². The monoisotopic (exact) mass is 330 g/mol. The van der Waals surface area contributed by atoms with Crippen LogP contribution in [0.4, 0.5) is 5.95 Å². The number of carbonyl (C=O) groups excluding carboxylic acids is 1. The number of nitrogens with zero attached hydrogens (tertiary/aromatic N) is 5. The number of amides is 1. The molecule has 0 radical (unpaired) electrons. The van der Waals surface area contributed by atoms with Crippen molar-refractivity contribution >= 4 is 11.9 Å². The molecule has 1 N–H and O–H groups in total. The summed E-state index contributed by atoms with van der Waals surface area (Å²) in [5.74, 6) is 0.418. The van der Waals surface area contributed by atoms with Gasteiger partial charge in [0.1, 0.15) is 0 Å². The zero-order chi connectivity index (χ0) is 18.0. The number of nitrogens with one attached hydrogen (secondary N) is 1. The summed E-state index contributed by atoms with van der Waals surface area (Å²) in [5.41, 5.74) is 4.24. The van der Waals surface area contributed by atoms with Crippen LogP contribution in [0.25, 0.3) is 0 Å². The molecule has 0 saturated heterocycles. The van der Waals surface area contributed by atoms with Crippen LogP contribution in [0.2, 0.25) is 0 Å². The molecule has 0 spiro atoms. The summed E-state index contributed by atoms with van der Waals surface area (Å²) in [7, 11) is 3.74. The first-order valence-corrected chi connectivity index (χ1v) is 8.12. The van der Waals surface area contributed by atoms with Gasteiger partial charge in [0.25, 0.3) is 5.91 Å². The molecule has 2 aromatic rings. The molecular weight excluding hydrogens is 304 g/mol. The number of rotatable bonds is 5. The number of carbonyl (C=O) groups is 1. The number of hydrogen-bond acceptors (Lipinski definition) is 5. The standard InChI is InChI=1S/C17H26N6O/c1-8-23-13(5)15(12(4)21-23)11(3)19-16(24)14-9-18-17(22(6)7)20-10(14)2/h9,11H,8H2,1-7H3,(H,19,24)/t11-/m0/s1. The Kier molecular flexibility index (Phi) is 5.21. The van der Waals surface area contributed by atoms with E-state index in [2.05, 4.69) is 27.3 Å². The molecule has 1 amide bonds. The van der Waals surface area contributed by atoms with Gasteiger partial charge in [-0.2, -0.15) is 5.10 Å². The molecule has 24 heavy (non-hydrogen) atoms. The van der Waals surface area contributed by atoms with Crippen molar-refractivity contribution in [2.45, 2.75) is 47.2 Å². The van der Waals surface area contributed by atoms with E-state index in [4.69, 9.17) is 0 Å². The highest BCUT2D eigenvalue weighted by Crippen LogP contribution is 2.22. The quantitative estimate of drug-likeness (QED) is 0.909.